The monoisotopic (exact) mass is 499 g/mol. The largest absolute Gasteiger partial charge is 0.476 e. The van der Waals surface area contributed by atoms with Crippen LogP contribution in [0.2, 0.25) is 0 Å². The Morgan fingerprint density at radius 3 is 2.39 bits per heavy atom. The third kappa shape index (κ3) is 4.94. The first-order valence-corrected chi connectivity index (χ1v) is 13.0. The van der Waals surface area contributed by atoms with Gasteiger partial charge in [-0.1, -0.05) is 36.4 Å². The van der Waals surface area contributed by atoms with E-state index in [0.29, 0.717) is 17.1 Å². The molecule has 0 aliphatic carbocycles. The first-order valence-electron chi connectivity index (χ1n) is 11.5. The number of ether oxygens (including phenoxy) is 1. The van der Waals surface area contributed by atoms with Crippen molar-refractivity contribution in [3.8, 4) is 5.75 Å². The molecule has 1 N–H and O–H groups in total. The maximum atomic E-state index is 13.5. The van der Waals surface area contributed by atoms with Crippen LogP contribution in [0.1, 0.15) is 16.7 Å². The zero-order valence-electron chi connectivity index (χ0n) is 19.7. The molecule has 1 aromatic heterocycles. The van der Waals surface area contributed by atoms with Crippen molar-refractivity contribution in [2.45, 2.75) is 24.3 Å². The summed E-state index contributed by atoms with van der Waals surface area (Å²) in [4.78, 5) is 17.4. The minimum Gasteiger partial charge on any atom is -0.476 e. The van der Waals surface area contributed by atoms with E-state index in [1.54, 1.807) is 54.9 Å². The number of rotatable bonds is 6. The highest BCUT2D eigenvalue weighted by atomic mass is 32.2. The van der Waals surface area contributed by atoms with Crippen LogP contribution >= 0.6 is 0 Å². The Morgan fingerprint density at radius 1 is 0.972 bits per heavy atom. The van der Waals surface area contributed by atoms with Gasteiger partial charge in [0.25, 0.3) is 15.9 Å². The second-order valence-corrected chi connectivity index (χ2v) is 10.5. The van der Waals surface area contributed by atoms with Gasteiger partial charge in [0.2, 0.25) is 0 Å². The van der Waals surface area contributed by atoms with E-state index in [1.807, 2.05) is 49.4 Å². The number of benzene rings is 3. The molecule has 0 saturated carbocycles. The van der Waals surface area contributed by atoms with Crippen LogP contribution in [0, 0.1) is 6.92 Å². The fraction of sp³-hybridized carbons (Fsp3) is 0.143. The molecule has 4 aromatic rings. The van der Waals surface area contributed by atoms with Crippen LogP contribution in [0.25, 0.3) is 0 Å². The Kier molecular flexibility index (Phi) is 6.43. The zero-order chi connectivity index (χ0) is 25.1. The molecule has 0 fully saturated rings. The van der Waals surface area contributed by atoms with Crippen molar-refractivity contribution in [2.75, 3.05) is 16.2 Å². The van der Waals surface area contributed by atoms with Crippen LogP contribution in [0.3, 0.4) is 0 Å². The predicted molar refractivity (Wildman–Crippen MR) is 139 cm³/mol. The molecule has 182 valence electrons. The fourth-order valence-corrected chi connectivity index (χ4v) is 5.60. The number of hydrogen-bond acceptors (Lipinski definition) is 5. The van der Waals surface area contributed by atoms with Crippen molar-refractivity contribution in [1.29, 1.82) is 0 Å². The highest BCUT2D eigenvalue weighted by molar-refractivity contribution is 7.92. The summed E-state index contributed by atoms with van der Waals surface area (Å²) in [6.07, 6.45) is 3.25. The lowest BCUT2D eigenvalue weighted by Crippen LogP contribution is -2.48. The number of aryl methyl sites for hydroxylation is 1. The summed E-state index contributed by atoms with van der Waals surface area (Å²) in [5, 5.41) is 2.86. The molecule has 0 saturated heterocycles. The van der Waals surface area contributed by atoms with Crippen LogP contribution in [-0.2, 0) is 21.2 Å². The molecule has 0 spiro atoms. The zero-order valence-corrected chi connectivity index (χ0v) is 20.5. The average molecular weight is 500 g/mol. The number of nitrogens with zero attached hydrogens (tertiary/aromatic N) is 2. The van der Waals surface area contributed by atoms with Crippen LogP contribution in [0.15, 0.2) is 102 Å². The second-order valence-electron chi connectivity index (χ2n) is 8.65. The van der Waals surface area contributed by atoms with E-state index in [9.17, 15) is 13.2 Å². The third-order valence-corrected chi connectivity index (χ3v) is 7.78. The molecule has 2 heterocycles. The Labute approximate surface area is 210 Å². The van der Waals surface area contributed by atoms with Crippen LogP contribution < -0.4 is 14.4 Å². The van der Waals surface area contributed by atoms with Crippen LogP contribution in [0.4, 0.5) is 11.4 Å². The lowest BCUT2D eigenvalue weighted by Gasteiger charge is -2.35. The molecule has 1 amide bonds. The number of hydrogen-bond donors (Lipinski definition) is 1. The summed E-state index contributed by atoms with van der Waals surface area (Å²) < 4.78 is 34.2. The second kappa shape index (κ2) is 9.83. The lowest BCUT2D eigenvalue weighted by atomic mass is 10.1. The summed E-state index contributed by atoms with van der Waals surface area (Å²) in [6.45, 7) is 1.74. The topological polar surface area (TPSA) is 88.6 Å². The quantitative estimate of drug-likeness (QED) is 0.420. The molecule has 3 aromatic carbocycles. The molecule has 0 bridgehead atoms. The van der Waals surface area contributed by atoms with E-state index in [0.717, 1.165) is 23.1 Å². The van der Waals surface area contributed by atoms with E-state index in [1.165, 1.54) is 4.31 Å². The van der Waals surface area contributed by atoms with Crippen molar-refractivity contribution in [1.82, 2.24) is 4.98 Å². The van der Waals surface area contributed by atoms with Crippen LogP contribution in [-0.4, -0.2) is 32.0 Å². The molecular weight excluding hydrogens is 474 g/mol. The van der Waals surface area contributed by atoms with Gasteiger partial charge in [0.05, 0.1) is 17.1 Å². The molecule has 1 atom stereocenters. The number of carbonyl (C=O) groups excluding carboxylic acids is 1. The minimum atomic E-state index is -3.90. The molecule has 0 radical (unpaired) electrons. The normalized spacial score (nSPS) is 15.0. The SMILES string of the molecule is Cc1ccc2c(c1)N(S(=O)(=O)c1ccccc1)C[C@H](C(=O)Nc1ccc(Cc3ccncc3)cc1)O2. The van der Waals surface area contributed by atoms with Gasteiger partial charge in [0.15, 0.2) is 6.10 Å². The molecule has 36 heavy (non-hydrogen) atoms. The Balaban J connectivity index is 1.36. The fourth-order valence-electron chi connectivity index (χ4n) is 4.11. The van der Waals surface area contributed by atoms with Gasteiger partial charge in [-0.25, -0.2) is 8.42 Å². The van der Waals surface area contributed by atoms with Crippen molar-refractivity contribution in [3.63, 3.8) is 0 Å². The van der Waals surface area contributed by atoms with E-state index in [4.69, 9.17) is 4.74 Å². The summed E-state index contributed by atoms with van der Waals surface area (Å²) >= 11 is 0. The summed E-state index contributed by atoms with van der Waals surface area (Å²) in [5.41, 5.74) is 4.15. The Hall–Kier alpha value is -4.17. The number of carbonyl (C=O) groups is 1. The Bertz CT molecular complexity index is 1470. The molecule has 7 nitrogen and oxygen atoms in total. The average Bonchev–Trinajstić information content (AvgIpc) is 2.90. The van der Waals surface area contributed by atoms with Gasteiger partial charge in [-0.05, 0) is 78.6 Å². The molecule has 1 aliphatic heterocycles. The number of fused-ring (bicyclic) bond motifs is 1. The predicted octanol–water partition coefficient (Wildman–Crippen LogP) is 4.58. The summed E-state index contributed by atoms with van der Waals surface area (Å²) in [5.74, 6) is -0.0735. The van der Waals surface area contributed by atoms with Crippen molar-refractivity contribution in [3.05, 3.63) is 114 Å². The van der Waals surface area contributed by atoms with Gasteiger partial charge in [0.1, 0.15) is 5.75 Å². The van der Waals surface area contributed by atoms with Crippen molar-refractivity contribution >= 4 is 27.3 Å². The standard InChI is InChI=1S/C28H25N3O4S/c1-20-7-12-26-25(17-20)31(36(33,34)24-5-3-2-4-6-24)19-27(35-26)28(32)30-23-10-8-21(9-11-23)18-22-13-15-29-16-14-22/h2-17,27H,18-19H2,1H3,(H,30,32)/t27-/m1/s1. The van der Waals surface area contributed by atoms with E-state index in [2.05, 4.69) is 10.3 Å². The number of pyridine rings is 1. The van der Waals surface area contributed by atoms with Crippen LogP contribution in [0.5, 0.6) is 5.75 Å². The molecule has 0 unspecified atom stereocenters. The van der Waals surface area contributed by atoms with Gasteiger partial charge < -0.3 is 10.1 Å². The molecular formula is C28H25N3O4S. The lowest BCUT2D eigenvalue weighted by molar-refractivity contribution is -0.122. The number of amides is 1. The van der Waals surface area contributed by atoms with Crippen molar-refractivity contribution in [2.24, 2.45) is 0 Å². The number of nitrogens with one attached hydrogen (secondary N) is 1. The first-order chi connectivity index (χ1) is 17.4. The van der Waals surface area contributed by atoms with Gasteiger partial charge in [-0.2, -0.15) is 0 Å². The maximum Gasteiger partial charge on any atom is 0.267 e. The van der Waals surface area contributed by atoms with Gasteiger partial charge in [-0.15, -0.1) is 0 Å². The molecule has 5 rings (SSSR count). The number of sulfonamides is 1. The van der Waals surface area contributed by atoms with E-state index in [-0.39, 0.29) is 11.4 Å². The van der Waals surface area contributed by atoms with E-state index < -0.39 is 22.0 Å². The smallest absolute Gasteiger partial charge is 0.267 e. The minimum absolute atomic E-state index is 0.139. The summed E-state index contributed by atoms with van der Waals surface area (Å²) in [7, 11) is -3.90. The number of aromatic nitrogens is 1. The number of anilines is 2. The van der Waals surface area contributed by atoms with Gasteiger partial charge in [0, 0.05) is 18.1 Å². The first kappa shape index (κ1) is 23.6. The third-order valence-electron chi connectivity index (χ3n) is 5.99. The highest BCUT2D eigenvalue weighted by Gasteiger charge is 2.37. The summed E-state index contributed by atoms with van der Waals surface area (Å²) in [6, 6.07) is 24.9. The van der Waals surface area contributed by atoms with E-state index >= 15 is 0 Å². The van der Waals surface area contributed by atoms with Gasteiger partial charge >= 0.3 is 0 Å². The molecule has 8 heteroatoms. The molecule has 1 aliphatic rings. The van der Waals surface area contributed by atoms with Gasteiger partial charge in [-0.3, -0.25) is 14.1 Å². The Morgan fingerprint density at radius 2 is 1.67 bits per heavy atom. The maximum absolute atomic E-state index is 13.5. The van der Waals surface area contributed by atoms with Crippen molar-refractivity contribution < 1.29 is 17.9 Å². The highest BCUT2D eigenvalue weighted by Crippen LogP contribution is 2.38.